The van der Waals surface area contributed by atoms with Gasteiger partial charge in [0.15, 0.2) is 0 Å². The number of hydrogen-bond donors (Lipinski definition) is 2. The summed E-state index contributed by atoms with van der Waals surface area (Å²) < 4.78 is 5.23. The van der Waals surface area contributed by atoms with Gasteiger partial charge in [-0.05, 0) is 13.8 Å². The highest BCUT2D eigenvalue weighted by molar-refractivity contribution is 5.84. The van der Waals surface area contributed by atoms with Crippen LogP contribution in [-0.4, -0.2) is 53.1 Å². The highest BCUT2D eigenvalue weighted by Crippen LogP contribution is 2.10. The van der Waals surface area contributed by atoms with Gasteiger partial charge in [-0.3, -0.25) is 4.79 Å². The molecular weight excluding hydrogens is 246 g/mol. The Balaban J connectivity index is 1.99. The molecule has 3 N–H and O–H groups in total. The van der Waals surface area contributed by atoms with Crippen LogP contribution >= 0.6 is 0 Å². The second-order valence-electron chi connectivity index (χ2n) is 4.53. The average Bonchev–Trinajstić information content (AvgIpc) is 2.37. The number of anilines is 2. The molecule has 0 saturated carbocycles. The predicted molar refractivity (Wildman–Crippen MR) is 71.7 cm³/mol. The standard InChI is InChI=1S/C12H19N5O2/c1-8(12(18)17-3-5-19-6-4-17)14-11-7-10(13)15-9(2)16-11/h7-8H,3-6H2,1-2H3,(H3,13,14,15,16). The van der Waals surface area contributed by atoms with Gasteiger partial charge in [-0.25, -0.2) is 9.97 Å². The Morgan fingerprint density at radius 1 is 1.47 bits per heavy atom. The third kappa shape index (κ3) is 3.54. The summed E-state index contributed by atoms with van der Waals surface area (Å²) in [6.45, 7) is 6.03. The molecule has 1 fully saturated rings. The van der Waals surface area contributed by atoms with Crippen LogP contribution in [0, 0.1) is 6.92 Å². The van der Waals surface area contributed by atoms with E-state index in [1.807, 2.05) is 6.92 Å². The number of rotatable bonds is 3. The smallest absolute Gasteiger partial charge is 0.244 e. The number of aromatic nitrogens is 2. The van der Waals surface area contributed by atoms with Gasteiger partial charge in [0, 0.05) is 19.2 Å². The van der Waals surface area contributed by atoms with Crippen LogP contribution in [0.15, 0.2) is 6.07 Å². The van der Waals surface area contributed by atoms with Crippen molar-refractivity contribution < 1.29 is 9.53 Å². The van der Waals surface area contributed by atoms with E-state index >= 15 is 0 Å². The number of hydrogen-bond acceptors (Lipinski definition) is 6. The van der Waals surface area contributed by atoms with Crippen molar-refractivity contribution in [2.24, 2.45) is 0 Å². The fourth-order valence-corrected chi connectivity index (χ4v) is 2.01. The largest absolute Gasteiger partial charge is 0.384 e. The van der Waals surface area contributed by atoms with E-state index in [2.05, 4.69) is 15.3 Å². The van der Waals surface area contributed by atoms with Crippen molar-refractivity contribution in [3.63, 3.8) is 0 Å². The lowest BCUT2D eigenvalue weighted by molar-refractivity contribution is -0.135. The van der Waals surface area contributed by atoms with Crippen molar-refractivity contribution in [3.05, 3.63) is 11.9 Å². The molecule has 1 aliphatic rings. The Kier molecular flexibility index (Phi) is 4.16. The minimum absolute atomic E-state index is 0.0399. The lowest BCUT2D eigenvalue weighted by Gasteiger charge is -2.29. The highest BCUT2D eigenvalue weighted by atomic mass is 16.5. The molecule has 19 heavy (non-hydrogen) atoms. The first-order chi connectivity index (χ1) is 9.06. The van der Waals surface area contributed by atoms with Crippen LogP contribution in [0.5, 0.6) is 0 Å². The molecule has 1 aromatic rings. The van der Waals surface area contributed by atoms with Crippen LogP contribution in [0.4, 0.5) is 11.6 Å². The third-order valence-corrected chi connectivity index (χ3v) is 2.92. The molecule has 7 nitrogen and oxygen atoms in total. The van der Waals surface area contributed by atoms with Gasteiger partial charge in [0.05, 0.1) is 13.2 Å². The van der Waals surface area contributed by atoms with Crippen LogP contribution < -0.4 is 11.1 Å². The number of ether oxygens (including phenoxy) is 1. The molecule has 1 amide bonds. The zero-order valence-electron chi connectivity index (χ0n) is 11.2. The number of carbonyl (C=O) groups excluding carboxylic acids is 1. The van der Waals surface area contributed by atoms with E-state index in [0.29, 0.717) is 43.8 Å². The predicted octanol–water partition coefficient (Wildman–Crippen LogP) is 0.0264. The summed E-state index contributed by atoms with van der Waals surface area (Å²) >= 11 is 0. The number of morpholine rings is 1. The molecule has 0 aliphatic carbocycles. The summed E-state index contributed by atoms with van der Waals surface area (Å²) in [6, 6.07) is 1.27. The molecule has 1 aromatic heterocycles. The fraction of sp³-hybridized carbons (Fsp3) is 0.583. The number of amides is 1. The Bertz CT molecular complexity index is 439. The molecule has 1 aliphatic heterocycles. The van der Waals surface area contributed by atoms with E-state index in [1.54, 1.807) is 17.9 Å². The molecule has 7 heteroatoms. The van der Waals surface area contributed by atoms with Crippen molar-refractivity contribution in [3.8, 4) is 0 Å². The summed E-state index contributed by atoms with van der Waals surface area (Å²) in [6.07, 6.45) is 0. The van der Waals surface area contributed by atoms with E-state index in [0.717, 1.165) is 0 Å². The van der Waals surface area contributed by atoms with Crippen LogP contribution in [0.25, 0.3) is 0 Å². The van der Waals surface area contributed by atoms with Crippen molar-refractivity contribution in [1.29, 1.82) is 0 Å². The fourth-order valence-electron chi connectivity index (χ4n) is 2.01. The molecule has 104 valence electrons. The quantitative estimate of drug-likeness (QED) is 0.800. The van der Waals surface area contributed by atoms with Crippen LogP contribution in [0.3, 0.4) is 0 Å². The number of nitrogen functional groups attached to an aromatic ring is 1. The number of nitrogens with two attached hydrogens (primary N) is 1. The average molecular weight is 265 g/mol. The van der Waals surface area contributed by atoms with Crippen molar-refractivity contribution in [2.75, 3.05) is 37.4 Å². The maximum Gasteiger partial charge on any atom is 0.244 e. The maximum absolute atomic E-state index is 12.2. The lowest BCUT2D eigenvalue weighted by atomic mass is 10.2. The first-order valence-electron chi connectivity index (χ1n) is 6.30. The summed E-state index contributed by atoms with van der Waals surface area (Å²) in [5, 5.41) is 3.06. The zero-order chi connectivity index (χ0) is 13.8. The Labute approximate surface area is 112 Å². The summed E-state index contributed by atoms with van der Waals surface area (Å²) in [5.41, 5.74) is 5.65. The minimum atomic E-state index is -0.355. The topological polar surface area (TPSA) is 93.4 Å². The second kappa shape index (κ2) is 5.83. The van der Waals surface area contributed by atoms with Crippen LogP contribution in [0.2, 0.25) is 0 Å². The van der Waals surface area contributed by atoms with E-state index in [-0.39, 0.29) is 11.9 Å². The normalized spacial score (nSPS) is 17.1. The molecule has 0 aromatic carbocycles. The molecule has 2 heterocycles. The van der Waals surface area contributed by atoms with Gasteiger partial charge >= 0.3 is 0 Å². The monoisotopic (exact) mass is 265 g/mol. The Morgan fingerprint density at radius 2 is 2.16 bits per heavy atom. The number of carbonyl (C=O) groups is 1. The van der Waals surface area contributed by atoms with Crippen LogP contribution in [0.1, 0.15) is 12.7 Å². The van der Waals surface area contributed by atoms with Crippen molar-refractivity contribution >= 4 is 17.5 Å². The molecule has 0 radical (unpaired) electrons. The summed E-state index contributed by atoms with van der Waals surface area (Å²) in [7, 11) is 0. The lowest BCUT2D eigenvalue weighted by Crippen LogP contribution is -2.47. The van der Waals surface area contributed by atoms with Gasteiger partial charge in [0.25, 0.3) is 0 Å². The second-order valence-corrected chi connectivity index (χ2v) is 4.53. The van der Waals surface area contributed by atoms with Crippen molar-refractivity contribution in [1.82, 2.24) is 14.9 Å². The Hall–Kier alpha value is -1.89. The van der Waals surface area contributed by atoms with Crippen LogP contribution in [-0.2, 0) is 9.53 Å². The maximum atomic E-state index is 12.2. The zero-order valence-corrected chi connectivity index (χ0v) is 11.2. The molecule has 2 rings (SSSR count). The van der Waals surface area contributed by atoms with Gasteiger partial charge in [-0.1, -0.05) is 0 Å². The molecule has 0 bridgehead atoms. The SMILES string of the molecule is Cc1nc(N)cc(NC(C)C(=O)N2CCOCC2)n1. The third-order valence-electron chi connectivity index (χ3n) is 2.92. The molecule has 1 atom stereocenters. The van der Waals surface area contributed by atoms with Gasteiger partial charge in [-0.15, -0.1) is 0 Å². The number of nitrogens with one attached hydrogen (secondary N) is 1. The molecule has 0 spiro atoms. The first-order valence-corrected chi connectivity index (χ1v) is 6.30. The van der Waals surface area contributed by atoms with Crippen molar-refractivity contribution in [2.45, 2.75) is 19.9 Å². The summed E-state index contributed by atoms with van der Waals surface area (Å²) in [4.78, 5) is 22.2. The number of nitrogens with zero attached hydrogens (tertiary/aromatic N) is 3. The van der Waals surface area contributed by atoms with E-state index in [1.165, 1.54) is 0 Å². The number of aryl methyl sites for hydroxylation is 1. The molecule has 1 saturated heterocycles. The highest BCUT2D eigenvalue weighted by Gasteiger charge is 2.22. The van der Waals surface area contributed by atoms with Gasteiger partial charge in [-0.2, -0.15) is 0 Å². The van der Waals surface area contributed by atoms with E-state index in [9.17, 15) is 4.79 Å². The summed E-state index contributed by atoms with van der Waals surface area (Å²) in [5.74, 6) is 1.58. The van der Waals surface area contributed by atoms with Gasteiger partial charge < -0.3 is 20.7 Å². The van der Waals surface area contributed by atoms with E-state index in [4.69, 9.17) is 10.5 Å². The van der Waals surface area contributed by atoms with Gasteiger partial charge in [0.1, 0.15) is 23.5 Å². The molecule has 1 unspecified atom stereocenters. The van der Waals surface area contributed by atoms with Gasteiger partial charge in [0.2, 0.25) is 5.91 Å². The molecular formula is C12H19N5O2. The van der Waals surface area contributed by atoms with E-state index < -0.39 is 0 Å². The minimum Gasteiger partial charge on any atom is -0.384 e. The first kappa shape index (κ1) is 13.5. The Morgan fingerprint density at radius 3 is 2.79 bits per heavy atom.